The Kier molecular flexibility index (Phi) is 1.39. The summed E-state index contributed by atoms with van der Waals surface area (Å²) in [6.45, 7) is -0.451. The summed E-state index contributed by atoms with van der Waals surface area (Å²) in [6.07, 6.45) is 0. The van der Waals surface area contributed by atoms with E-state index in [0.29, 0.717) is 4.73 Å². The Balaban J connectivity index is 2.31. The minimum absolute atomic E-state index is 0.00164. The van der Waals surface area contributed by atoms with E-state index in [1.165, 1.54) is 0 Å². The third kappa shape index (κ3) is 0.984. The molecule has 0 amide bonds. The molecular weight excluding hydrogens is 229 g/mol. The lowest BCUT2D eigenvalue weighted by molar-refractivity contribution is 0.188. The van der Waals surface area contributed by atoms with Crippen LogP contribution in [0.4, 0.5) is 5.82 Å². The van der Waals surface area contributed by atoms with Crippen molar-refractivity contribution in [1.82, 2.24) is 9.71 Å². The van der Waals surface area contributed by atoms with E-state index >= 15 is 0 Å². The molecule has 1 aromatic heterocycles. The van der Waals surface area contributed by atoms with Crippen LogP contribution < -0.4 is 24.7 Å². The lowest BCUT2D eigenvalue weighted by atomic mass is 10.5. The third-order valence-corrected chi connectivity index (χ3v) is 2.98. The van der Waals surface area contributed by atoms with Crippen LogP contribution in [0.2, 0.25) is 0 Å². The van der Waals surface area contributed by atoms with Crippen molar-refractivity contribution in [2.24, 2.45) is 0 Å². The van der Waals surface area contributed by atoms with Gasteiger partial charge in [0, 0.05) is 0 Å². The van der Waals surface area contributed by atoms with Crippen molar-refractivity contribution in [3.8, 4) is 11.6 Å². The highest BCUT2D eigenvalue weighted by Crippen LogP contribution is 2.60. The van der Waals surface area contributed by atoms with Gasteiger partial charge in [-0.2, -0.15) is 9.55 Å². The number of hydrogen-bond acceptors (Lipinski definition) is 8. The Morgan fingerprint density at radius 2 is 2.33 bits per heavy atom. The predicted octanol–water partition coefficient (Wildman–Crippen LogP) is -1.07. The number of nitrogens with zero attached hydrogens (tertiary/aromatic N) is 2. The maximum Gasteiger partial charge on any atom is 0.668 e. The summed E-state index contributed by atoms with van der Waals surface area (Å²) in [7, 11) is -3.77. The highest BCUT2D eigenvalue weighted by Gasteiger charge is 2.50. The maximum atomic E-state index is 11.5. The van der Waals surface area contributed by atoms with Gasteiger partial charge in [0.15, 0.2) is 5.82 Å². The standard InChI is InChI=1S/C5H4N3O6P/c9-1-6-3-2-4-7-5(10)8(3)14-15(11,12-2)13-4/h6,9H,1H2. The van der Waals surface area contributed by atoms with Gasteiger partial charge in [0.25, 0.3) is 5.88 Å². The van der Waals surface area contributed by atoms with E-state index < -0.39 is 20.2 Å². The van der Waals surface area contributed by atoms with Crippen molar-refractivity contribution in [2.45, 2.75) is 0 Å². The van der Waals surface area contributed by atoms with Gasteiger partial charge in [0.1, 0.15) is 6.73 Å². The molecule has 0 aromatic carbocycles. The van der Waals surface area contributed by atoms with Crippen LogP contribution >= 0.6 is 7.82 Å². The fourth-order valence-electron chi connectivity index (χ4n) is 1.29. The van der Waals surface area contributed by atoms with E-state index in [2.05, 4.69) is 14.9 Å². The molecular formula is C5H4N3O6P. The molecule has 1 atom stereocenters. The topological polar surface area (TPSA) is 112 Å². The molecule has 2 aliphatic heterocycles. The van der Waals surface area contributed by atoms with Crippen LogP contribution in [0, 0.1) is 0 Å². The second-order valence-electron chi connectivity index (χ2n) is 2.72. The number of aliphatic hydroxyl groups excluding tert-OH is 1. The minimum Gasteiger partial charge on any atom is -0.377 e. The largest absolute Gasteiger partial charge is 0.668 e. The summed E-state index contributed by atoms with van der Waals surface area (Å²) < 4.78 is 26.4. The normalized spacial score (nSPS) is 24.3. The van der Waals surface area contributed by atoms with Gasteiger partial charge in [-0.25, -0.2) is 4.79 Å². The van der Waals surface area contributed by atoms with E-state index in [1.54, 1.807) is 0 Å². The van der Waals surface area contributed by atoms with Gasteiger partial charge in [-0.1, -0.05) is 4.73 Å². The number of nitrogens with one attached hydrogen (secondary N) is 1. The number of rotatable bonds is 2. The Morgan fingerprint density at radius 1 is 1.53 bits per heavy atom. The van der Waals surface area contributed by atoms with Gasteiger partial charge in [-0.15, -0.1) is 0 Å². The van der Waals surface area contributed by atoms with Crippen LogP contribution in [0.5, 0.6) is 11.6 Å². The molecule has 3 rings (SSSR count). The monoisotopic (exact) mass is 233 g/mol. The van der Waals surface area contributed by atoms with Gasteiger partial charge in [0.05, 0.1) is 0 Å². The quantitative estimate of drug-likeness (QED) is 0.490. The number of phosphoric ester groups is 1. The van der Waals surface area contributed by atoms with Crippen LogP contribution in [-0.4, -0.2) is 21.6 Å². The van der Waals surface area contributed by atoms with E-state index in [-0.39, 0.29) is 17.4 Å². The number of anilines is 1. The fourth-order valence-corrected chi connectivity index (χ4v) is 2.47. The first-order chi connectivity index (χ1) is 7.13. The van der Waals surface area contributed by atoms with Gasteiger partial charge in [-0.3, -0.25) is 4.62 Å². The highest BCUT2D eigenvalue weighted by molar-refractivity contribution is 7.50. The van der Waals surface area contributed by atoms with Crippen LogP contribution in [0.15, 0.2) is 4.79 Å². The maximum absolute atomic E-state index is 11.5. The Bertz CT molecular complexity index is 552. The molecule has 3 heterocycles. The van der Waals surface area contributed by atoms with Gasteiger partial charge < -0.3 is 19.5 Å². The first kappa shape index (κ1) is 8.57. The molecule has 0 radical (unpaired) electrons. The summed E-state index contributed by atoms with van der Waals surface area (Å²) in [6, 6.07) is 0. The number of aromatic nitrogens is 2. The van der Waals surface area contributed by atoms with Crippen LogP contribution in [-0.2, 0) is 4.57 Å². The van der Waals surface area contributed by atoms with E-state index in [9.17, 15) is 9.36 Å². The van der Waals surface area contributed by atoms with Crippen molar-refractivity contribution in [2.75, 3.05) is 12.0 Å². The van der Waals surface area contributed by atoms with Crippen LogP contribution in [0.25, 0.3) is 0 Å². The molecule has 0 fully saturated rings. The minimum atomic E-state index is -3.77. The van der Waals surface area contributed by atoms with Crippen LogP contribution in [0.1, 0.15) is 0 Å². The molecule has 15 heavy (non-hydrogen) atoms. The summed E-state index contributed by atoms with van der Waals surface area (Å²) in [5.74, 6) is -0.178. The highest BCUT2D eigenvalue weighted by atomic mass is 31.2. The summed E-state index contributed by atoms with van der Waals surface area (Å²) in [5, 5.41) is 11.1. The molecule has 3 bridgehead atoms. The number of fused-ring (bicyclic) bond motifs is 2. The van der Waals surface area contributed by atoms with Crippen molar-refractivity contribution >= 4 is 13.6 Å². The third-order valence-electron chi connectivity index (χ3n) is 1.81. The predicted molar refractivity (Wildman–Crippen MR) is 44.6 cm³/mol. The molecule has 1 aromatic rings. The first-order valence-electron chi connectivity index (χ1n) is 3.84. The zero-order chi connectivity index (χ0) is 10.6. The summed E-state index contributed by atoms with van der Waals surface area (Å²) in [4.78, 5) is 14.7. The zero-order valence-electron chi connectivity index (χ0n) is 7.04. The Morgan fingerprint density at radius 3 is 3.07 bits per heavy atom. The molecule has 80 valence electrons. The number of hydrogen-bond donors (Lipinski definition) is 2. The molecule has 1 unspecified atom stereocenters. The fraction of sp³-hybridized carbons (Fsp3) is 0.200. The van der Waals surface area contributed by atoms with Gasteiger partial charge in [-0.05, 0) is 0 Å². The van der Waals surface area contributed by atoms with Crippen molar-refractivity contribution in [1.29, 1.82) is 0 Å². The lowest BCUT2D eigenvalue weighted by Crippen LogP contribution is -2.31. The van der Waals surface area contributed by atoms with E-state index in [1.807, 2.05) is 0 Å². The van der Waals surface area contributed by atoms with E-state index in [0.717, 1.165) is 0 Å². The second-order valence-corrected chi connectivity index (χ2v) is 4.14. The molecule has 2 aliphatic rings. The van der Waals surface area contributed by atoms with Crippen molar-refractivity contribution in [3.05, 3.63) is 10.5 Å². The molecule has 2 N–H and O–H groups in total. The SMILES string of the molecule is O=c1nc2c3c(NCO)n1OP(=O)(O2)O3. The smallest absolute Gasteiger partial charge is 0.377 e. The van der Waals surface area contributed by atoms with E-state index in [4.69, 9.17) is 14.2 Å². The lowest BCUT2D eigenvalue weighted by Gasteiger charge is -2.17. The first-order valence-corrected chi connectivity index (χ1v) is 5.30. The molecule has 0 saturated carbocycles. The van der Waals surface area contributed by atoms with Crippen molar-refractivity contribution < 1.29 is 23.3 Å². The average Bonchev–Trinajstić information content (AvgIpc) is 2.36. The average molecular weight is 233 g/mol. The Hall–Kier alpha value is -1.73. The van der Waals surface area contributed by atoms with Gasteiger partial charge >= 0.3 is 13.5 Å². The summed E-state index contributed by atoms with van der Waals surface area (Å²) >= 11 is 0. The molecule has 0 spiro atoms. The molecule has 9 nitrogen and oxygen atoms in total. The second kappa shape index (κ2) is 2.44. The summed E-state index contributed by atoms with van der Waals surface area (Å²) in [5.41, 5.74) is -0.800. The molecule has 0 saturated heterocycles. The zero-order valence-corrected chi connectivity index (χ0v) is 7.93. The van der Waals surface area contributed by atoms with Gasteiger partial charge in [0.2, 0.25) is 5.75 Å². The number of aliphatic hydroxyl groups is 1. The molecule has 0 aliphatic carbocycles. The number of phosphoric acid groups is 1. The molecule has 10 heteroatoms. The van der Waals surface area contributed by atoms with Crippen molar-refractivity contribution in [3.63, 3.8) is 0 Å². The van der Waals surface area contributed by atoms with Crippen LogP contribution in [0.3, 0.4) is 0 Å². The Labute approximate surface area is 81.8 Å².